The molecule has 0 spiro atoms. The summed E-state index contributed by atoms with van der Waals surface area (Å²) in [7, 11) is 0. The van der Waals surface area contributed by atoms with Crippen LogP contribution >= 0.6 is 11.8 Å². The lowest BCUT2D eigenvalue weighted by atomic mass is 9.48. The first kappa shape index (κ1) is 20.8. The smallest absolute Gasteiger partial charge is 0.0720 e. The van der Waals surface area contributed by atoms with E-state index in [0.717, 1.165) is 34.9 Å². The summed E-state index contributed by atoms with van der Waals surface area (Å²) in [6, 6.07) is 10.7. The van der Waals surface area contributed by atoms with Crippen molar-refractivity contribution < 1.29 is 4.74 Å². The molecular formula is C29H40OS. The van der Waals surface area contributed by atoms with Crippen LogP contribution in [0.4, 0.5) is 0 Å². The van der Waals surface area contributed by atoms with Gasteiger partial charge in [0.15, 0.2) is 0 Å². The van der Waals surface area contributed by atoms with Gasteiger partial charge in [0.05, 0.1) is 12.7 Å². The van der Waals surface area contributed by atoms with E-state index in [4.69, 9.17) is 4.74 Å². The van der Waals surface area contributed by atoms with Gasteiger partial charge in [0.1, 0.15) is 0 Å². The van der Waals surface area contributed by atoms with E-state index in [2.05, 4.69) is 62.0 Å². The molecule has 6 rings (SSSR count). The second kappa shape index (κ2) is 7.94. The summed E-state index contributed by atoms with van der Waals surface area (Å²) in [6.07, 6.45) is 17.2. The van der Waals surface area contributed by atoms with Crippen molar-refractivity contribution >= 4 is 11.8 Å². The van der Waals surface area contributed by atoms with E-state index in [-0.39, 0.29) is 0 Å². The Morgan fingerprint density at radius 3 is 2.58 bits per heavy atom. The van der Waals surface area contributed by atoms with Crippen molar-refractivity contribution in [2.45, 2.75) is 101 Å². The maximum atomic E-state index is 6.40. The lowest BCUT2D eigenvalue weighted by Crippen LogP contribution is -2.51. The number of ether oxygens (including phenoxy) is 1. The number of benzene rings is 1. The maximum Gasteiger partial charge on any atom is 0.0720 e. The number of thioether (sulfide) groups is 1. The molecule has 7 atom stereocenters. The van der Waals surface area contributed by atoms with Gasteiger partial charge in [0, 0.05) is 10.5 Å². The van der Waals surface area contributed by atoms with Gasteiger partial charge in [-0.15, -0.1) is 0 Å². The van der Waals surface area contributed by atoms with Gasteiger partial charge in [-0.3, -0.25) is 0 Å². The fraction of sp³-hybridized carbons (Fsp3) is 0.724. The number of fused-ring (bicyclic) bond motifs is 5. The summed E-state index contributed by atoms with van der Waals surface area (Å²) in [5.41, 5.74) is 4.12. The van der Waals surface area contributed by atoms with E-state index in [1.165, 1.54) is 69.8 Å². The molecule has 168 valence electrons. The van der Waals surface area contributed by atoms with Crippen LogP contribution in [-0.2, 0) is 11.3 Å². The van der Waals surface area contributed by atoms with Crippen molar-refractivity contribution in [3.8, 4) is 0 Å². The molecule has 0 radical (unpaired) electrons. The topological polar surface area (TPSA) is 9.23 Å². The summed E-state index contributed by atoms with van der Waals surface area (Å²) in [6.45, 7) is 6.09. The minimum absolute atomic E-state index is 0.413. The highest BCUT2D eigenvalue weighted by Crippen LogP contribution is 2.67. The molecule has 4 fully saturated rings. The molecule has 5 aliphatic rings. The largest absolute Gasteiger partial charge is 0.373 e. The summed E-state index contributed by atoms with van der Waals surface area (Å²) >= 11 is 2.39. The van der Waals surface area contributed by atoms with E-state index < -0.39 is 0 Å². The highest BCUT2D eigenvalue weighted by atomic mass is 32.2. The van der Waals surface area contributed by atoms with Crippen LogP contribution in [-0.4, -0.2) is 16.6 Å². The molecule has 0 N–H and O–H groups in total. The predicted molar refractivity (Wildman–Crippen MR) is 131 cm³/mol. The molecule has 2 heteroatoms. The highest BCUT2D eigenvalue weighted by Gasteiger charge is 2.59. The van der Waals surface area contributed by atoms with Gasteiger partial charge in [0.25, 0.3) is 0 Å². The summed E-state index contributed by atoms with van der Waals surface area (Å²) in [5, 5.41) is 1.96. The number of hydrogen-bond acceptors (Lipinski definition) is 2. The quantitative estimate of drug-likeness (QED) is 0.435. The van der Waals surface area contributed by atoms with Gasteiger partial charge in [0.2, 0.25) is 0 Å². The van der Waals surface area contributed by atoms with Crippen LogP contribution in [0.5, 0.6) is 0 Å². The molecule has 1 nitrogen and oxygen atoms in total. The number of rotatable bonds is 5. The number of hydrogen-bond donors (Lipinski definition) is 0. The first-order valence-corrected chi connectivity index (χ1v) is 14.0. The molecule has 0 amide bonds. The SMILES string of the molecule is C[C@]12CC[C@H]3[C@@H](CC=C4C[C@@H](OCc5ccccc5)CC[C@@]43C)[C@@H]1CC[C@@H]2SC1CC1. The fourth-order valence-corrected chi connectivity index (χ4v) is 9.92. The van der Waals surface area contributed by atoms with Crippen molar-refractivity contribution in [1.82, 2.24) is 0 Å². The molecule has 0 bridgehead atoms. The van der Waals surface area contributed by atoms with Crippen molar-refractivity contribution in [3.63, 3.8) is 0 Å². The second-order valence-corrected chi connectivity index (χ2v) is 13.4. The Bertz CT molecular complexity index is 828. The normalized spacial score (nSPS) is 44.2. The van der Waals surface area contributed by atoms with Gasteiger partial charge in [-0.25, -0.2) is 0 Å². The van der Waals surface area contributed by atoms with Crippen LogP contribution < -0.4 is 0 Å². The average molecular weight is 437 g/mol. The van der Waals surface area contributed by atoms with Crippen LogP contribution in [0.15, 0.2) is 42.0 Å². The molecule has 31 heavy (non-hydrogen) atoms. The Labute approximate surface area is 193 Å². The van der Waals surface area contributed by atoms with Crippen molar-refractivity contribution in [1.29, 1.82) is 0 Å². The van der Waals surface area contributed by atoms with Crippen molar-refractivity contribution in [3.05, 3.63) is 47.5 Å². The van der Waals surface area contributed by atoms with Crippen LogP contribution in [0, 0.1) is 28.6 Å². The molecule has 0 saturated heterocycles. The third kappa shape index (κ3) is 3.65. The maximum absolute atomic E-state index is 6.40. The molecule has 5 aliphatic carbocycles. The van der Waals surface area contributed by atoms with E-state index in [9.17, 15) is 0 Å². The molecule has 1 aromatic carbocycles. The Hall–Kier alpha value is -0.730. The Balaban J connectivity index is 1.15. The fourth-order valence-electron chi connectivity index (χ4n) is 8.17. The van der Waals surface area contributed by atoms with Gasteiger partial charge < -0.3 is 4.74 Å². The van der Waals surface area contributed by atoms with Gasteiger partial charge in [-0.1, -0.05) is 55.8 Å². The lowest BCUT2D eigenvalue weighted by Gasteiger charge is -2.58. The first-order valence-electron chi connectivity index (χ1n) is 13.1. The zero-order valence-corrected chi connectivity index (χ0v) is 20.3. The molecule has 0 heterocycles. The highest BCUT2D eigenvalue weighted by molar-refractivity contribution is 8.00. The third-order valence-electron chi connectivity index (χ3n) is 10.2. The average Bonchev–Trinajstić information content (AvgIpc) is 3.54. The van der Waals surface area contributed by atoms with Gasteiger partial charge in [-0.2, -0.15) is 11.8 Å². The number of allylic oxidation sites excluding steroid dienone is 1. The molecular weight excluding hydrogens is 396 g/mol. The van der Waals surface area contributed by atoms with E-state index >= 15 is 0 Å². The van der Waals surface area contributed by atoms with E-state index in [1.807, 2.05) is 0 Å². The molecule has 0 aromatic heterocycles. The minimum atomic E-state index is 0.413. The Kier molecular flexibility index (Phi) is 5.34. The van der Waals surface area contributed by atoms with Crippen molar-refractivity contribution in [2.24, 2.45) is 28.6 Å². The van der Waals surface area contributed by atoms with Crippen LogP contribution in [0.3, 0.4) is 0 Å². The van der Waals surface area contributed by atoms with Crippen LogP contribution in [0.1, 0.15) is 83.6 Å². The standard InChI is InChI=1S/C29H40OS/c1-28-16-14-22(30-19-20-6-4-3-5-7-20)18-21(28)8-11-24-25-12-13-27(31-23-9-10-23)29(25,2)17-15-26(24)28/h3-8,22-27H,9-19H2,1-2H3/t22-,24-,25-,26-,27-,28-,29-/m0/s1. The van der Waals surface area contributed by atoms with Crippen LogP contribution in [0.25, 0.3) is 0 Å². The summed E-state index contributed by atoms with van der Waals surface area (Å²) in [4.78, 5) is 0. The molecule has 1 aromatic rings. The lowest BCUT2D eigenvalue weighted by molar-refractivity contribution is -0.0491. The first-order chi connectivity index (χ1) is 15.1. The monoisotopic (exact) mass is 436 g/mol. The third-order valence-corrected chi connectivity index (χ3v) is 12.1. The second-order valence-electron chi connectivity index (χ2n) is 11.9. The van der Waals surface area contributed by atoms with Gasteiger partial charge in [-0.05, 0) is 98.4 Å². The molecule has 0 unspecified atom stereocenters. The predicted octanol–water partition coefficient (Wildman–Crippen LogP) is 7.80. The Morgan fingerprint density at radius 2 is 1.77 bits per heavy atom. The van der Waals surface area contributed by atoms with Gasteiger partial charge >= 0.3 is 0 Å². The molecule has 4 saturated carbocycles. The van der Waals surface area contributed by atoms with E-state index in [1.54, 1.807) is 5.57 Å². The zero-order chi connectivity index (χ0) is 21.1. The minimum Gasteiger partial charge on any atom is -0.373 e. The summed E-state index contributed by atoms with van der Waals surface area (Å²) in [5.74, 6) is 2.84. The molecule has 0 aliphatic heterocycles. The van der Waals surface area contributed by atoms with Crippen molar-refractivity contribution in [2.75, 3.05) is 0 Å². The van der Waals surface area contributed by atoms with E-state index in [0.29, 0.717) is 16.9 Å². The summed E-state index contributed by atoms with van der Waals surface area (Å²) < 4.78 is 6.40. The zero-order valence-electron chi connectivity index (χ0n) is 19.5. The Morgan fingerprint density at radius 1 is 0.935 bits per heavy atom. The van der Waals surface area contributed by atoms with Crippen LogP contribution in [0.2, 0.25) is 0 Å².